The van der Waals surface area contributed by atoms with E-state index in [0.717, 1.165) is 10.0 Å². The molecule has 0 spiro atoms. The number of ether oxygens (including phenoxy) is 1. The molecule has 0 bridgehead atoms. The number of hydrogen-bond donors (Lipinski definition) is 0. The molecular formula is C23H23BrN4O4S. The predicted molar refractivity (Wildman–Crippen MR) is 131 cm³/mol. The molecule has 1 saturated heterocycles. The Morgan fingerprint density at radius 3 is 2.45 bits per heavy atom. The summed E-state index contributed by atoms with van der Waals surface area (Å²) < 4.78 is 5.85. The first-order valence-electron chi connectivity index (χ1n) is 10.7. The predicted octanol–water partition coefficient (Wildman–Crippen LogP) is 3.13. The number of fused-ring (bicyclic) bond motifs is 1. The molecule has 8 nitrogen and oxygen atoms in total. The number of rotatable bonds is 4. The van der Waals surface area contributed by atoms with E-state index in [4.69, 9.17) is 17.0 Å². The van der Waals surface area contributed by atoms with Crippen molar-refractivity contribution in [3.63, 3.8) is 0 Å². The molecule has 3 aliphatic rings. The Labute approximate surface area is 205 Å². The fraction of sp³-hybridized carbons (Fsp3) is 0.348. The molecule has 0 radical (unpaired) electrons. The van der Waals surface area contributed by atoms with Crippen LogP contribution in [0.2, 0.25) is 0 Å². The molecule has 1 aliphatic carbocycles. The second kappa shape index (κ2) is 9.96. The summed E-state index contributed by atoms with van der Waals surface area (Å²) in [7, 11) is 0. The van der Waals surface area contributed by atoms with Crippen molar-refractivity contribution in [2.24, 2.45) is 10.9 Å². The number of allylic oxidation sites excluding steroid dienone is 3. The van der Waals surface area contributed by atoms with Gasteiger partial charge in [0.2, 0.25) is 11.0 Å². The van der Waals surface area contributed by atoms with Crippen LogP contribution in [0.5, 0.6) is 0 Å². The van der Waals surface area contributed by atoms with Crippen molar-refractivity contribution in [2.75, 3.05) is 32.8 Å². The number of aliphatic imine (C=N–C) groups is 1. The number of carbonyl (C=O) groups excluding carboxylic acids is 3. The van der Waals surface area contributed by atoms with Crippen LogP contribution in [0.1, 0.15) is 22.8 Å². The minimum absolute atomic E-state index is 0.0900. The van der Waals surface area contributed by atoms with Crippen LogP contribution in [0, 0.1) is 5.92 Å². The van der Waals surface area contributed by atoms with Gasteiger partial charge in [0.05, 0.1) is 18.9 Å². The van der Waals surface area contributed by atoms with Gasteiger partial charge in [-0.3, -0.25) is 14.5 Å². The molecule has 172 valence electrons. The number of benzene rings is 1. The lowest BCUT2D eigenvalue weighted by Gasteiger charge is -2.34. The molecule has 2 aliphatic heterocycles. The summed E-state index contributed by atoms with van der Waals surface area (Å²) in [6, 6.07) is 7.15. The van der Waals surface area contributed by atoms with E-state index in [1.54, 1.807) is 34.9 Å². The third-order valence-electron chi connectivity index (χ3n) is 5.68. The number of hydrogen-bond acceptors (Lipinski definition) is 5. The van der Waals surface area contributed by atoms with Crippen LogP contribution in [0.25, 0.3) is 0 Å². The van der Waals surface area contributed by atoms with Crippen molar-refractivity contribution in [3.05, 3.63) is 58.1 Å². The van der Waals surface area contributed by atoms with Gasteiger partial charge < -0.3 is 14.5 Å². The van der Waals surface area contributed by atoms with Crippen LogP contribution in [0.4, 0.5) is 4.79 Å². The molecule has 1 aromatic rings. The first kappa shape index (κ1) is 23.3. The lowest BCUT2D eigenvalue weighted by Crippen LogP contribution is -2.50. The number of halogens is 1. The summed E-state index contributed by atoms with van der Waals surface area (Å²) in [5.74, 6) is -0.663. The van der Waals surface area contributed by atoms with Gasteiger partial charge in [0, 0.05) is 36.2 Å². The van der Waals surface area contributed by atoms with Crippen LogP contribution in [0.3, 0.4) is 0 Å². The summed E-state index contributed by atoms with van der Waals surface area (Å²) in [6.45, 7) is 4.18. The Hall–Kier alpha value is -2.85. The molecule has 0 aromatic heterocycles. The zero-order chi connectivity index (χ0) is 23.5. The quantitative estimate of drug-likeness (QED) is 0.558. The van der Waals surface area contributed by atoms with Crippen LogP contribution in [-0.2, 0) is 16.1 Å². The van der Waals surface area contributed by atoms with Crippen LogP contribution < -0.4 is 0 Å². The summed E-state index contributed by atoms with van der Waals surface area (Å²) in [6.07, 6.45) is 5.11. The Kier molecular flexibility index (Phi) is 7.04. The highest BCUT2D eigenvalue weighted by Gasteiger charge is 2.34. The van der Waals surface area contributed by atoms with Gasteiger partial charge >= 0.3 is 6.09 Å². The maximum atomic E-state index is 13.0. The van der Waals surface area contributed by atoms with E-state index < -0.39 is 5.92 Å². The van der Waals surface area contributed by atoms with Crippen LogP contribution in [-0.4, -0.2) is 76.2 Å². The zero-order valence-electron chi connectivity index (χ0n) is 18.1. The molecule has 1 aromatic carbocycles. The molecule has 0 saturated carbocycles. The SMILES string of the molecule is CCOC(=O)N1CCN(C(=O)c2ccc(CN3C(=O)C4C=C(Br)C=CC4=NC3=S)cc2)CC1. The lowest BCUT2D eigenvalue weighted by atomic mass is 9.95. The summed E-state index contributed by atoms with van der Waals surface area (Å²) in [5, 5.41) is 0.238. The van der Waals surface area contributed by atoms with Crippen molar-refractivity contribution >= 4 is 56.9 Å². The second-order valence-corrected chi connectivity index (χ2v) is 9.06. The number of carbonyl (C=O) groups is 3. The lowest BCUT2D eigenvalue weighted by molar-refractivity contribution is -0.128. The van der Waals surface area contributed by atoms with Crippen molar-refractivity contribution < 1.29 is 19.1 Å². The molecular weight excluding hydrogens is 508 g/mol. The highest BCUT2D eigenvalue weighted by atomic mass is 79.9. The Morgan fingerprint density at radius 1 is 1.12 bits per heavy atom. The zero-order valence-corrected chi connectivity index (χ0v) is 20.5. The maximum absolute atomic E-state index is 13.0. The molecule has 1 fully saturated rings. The van der Waals surface area contributed by atoms with Gasteiger partial charge in [-0.05, 0) is 49.0 Å². The van der Waals surface area contributed by atoms with Crippen molar-refractivity contribution in [3.8, 4) is 0 Å². The van der Waals surface area contributed by atoms with Gasteiger partial charge in [-0.25, -0.2) is 9.79 Å². The normalized spacial score (nSPS) is 20.3. The van der Waals surface area contributed by atoms with E-state index in [2.05, 4.69) is 20.9 Å². The first-order chi connectivity index (χ1) is 15.9. The number of amides is 3. The standard InChI is InChI=1S/C23H23BrN4O4S/c1-2-32-23(31)27-11-9-26(10-12-27)20(29)16-5-3-15(4-6-16)14-28-21(30)18-13-17(24)7-8-19(18)25-22(28)33/h3-8,13,18H,2,9-12,14H2,1H3. The number of nitrogens with zero attached hydrogens (tertiary/aromatic N) is 4. The molecule has 0 N–H and O–H groups in total. The van der Waals surface area contributed by atoms with Crippen molar-refractivity contribution in [1.29, 1.82) is 0 Å². The smallest absolute Gasteiger partial charge is 0.409 e. The maximum Gasteiger partial charge on any atom is 0.409 e. The van der Waals surface area contributed by atoms with E-state index in [9.17, 15) is 14.4 Å². The molecule has 1 unspecified atom stereocenters. The topological polar surface area (TPSA) is 82.5 Å². The van der Waals surface area contributed by atoms with E-state index >= 15 is 0 Å². The van der Waals surface area contributed by atoms with E-state index in [0.29, 0.717) is 44.1 Å². The Bertz CT molecular complexity index is 1070. The molecule has 3 amide bonds. The monoisotopic (exact) mass is 530 g/mol. The van der Waals surface area contributed by atoms with Crippen molar-refractivity contribution in [2.45, 2.75) is 13.5 Å². The third kappa shape index (κ3) is 5.06. The van der Waals surface area contributed by atoms with Crippen molar-refractivity contribution in [1.82, 2.24) is 14.7 Å². The van der Waals surface area contributed by atoms with Gasteiger partial charge in [0.15, 0.2) is 0 Å². The third-order valence-corrected chi connectivity index (χ3v) is 6.52. The minimum atomic E-state index is -0.454. The molecule has 2 heterocycles. The summed E-state index contributed by atoms with van der Waals surface area (Å²) in [5.41, 5.74) is 2.05. The van der Waals surface area contributed by atoms with Crippen LogP contribution >= 0.6 is 28.1 Å². The van der Waals surface area contributed by atoms with Gasteiger partial charge in [-0.2, -0.15) is 0 Å². The fourth-order valence-electron chi connectivity index (χ4n) is 3.88. The largest absolute Gasteiger partial charge is 0.450 e. The highest BCUT2D eigenvalue weighted by molar-refractivity contribution is 9.11. The van der Waals surface area contributed by atoms with E-state index in [-0.39, 0.29) is 29.6 Å². The molecule has 4 rings (SSSR count). The number of piperazine rings is 1. The van der Waals surface area contributed by atoms with E-state index in [1.165, 1.54) is 4.90 Å². The summed E-state index contributed by atoms with van der Waals surface area (Å²) in [4.78, 5) is 46.9. The first-order valence-corrected chi connectivity index (χ1v) is 11.9. The number of thiocarbonyl (C=S) groups is 1. The van der Waals surface area contributed by atoms with Gasteiger partial charge in [-0.1, -0.05) is 34.1 Å². The molecule has 33 heavy (non-hydrogen) atoms. The van der Waals surface area contributed by atoms with E-state index in [1.807, 2.05) is 24.3 Å². The van der Waals surface area contributed by atoms with Gasteiger partial charge in [-0.15, -0.1) is 0 Å². The molecule has 10 heteroatoms. The molecule has 1 atom stereocenters. The van der Waals surface area contributed by atoms with Crippen LogP contribution in [0.15, 0.2) is 52.0 Å². The van der Waals surface area contributed by atoms with Gasteiger partial charge in [0.1, 0.15) is 5.92 Å². The summed E-state index contributed by atoms with van der Waals surface area (Å²) >= 11 is 8.76. The average molecular weight is 531 g/mol. The Balaban J connectivity index is 1.38. The van der Waals surface area contributed by atoms with Gasteiger partial charge in [0.25, 0.3) is 5.91 Å². The second-order valence-electron chi connectivity index (χ2n) is 7.78. The Morgan fingerprint density at radius 2 is 1.79 bits per heavy atom. The highest BCUT2D eigenvalue weighted by Crippen LogP contribution is 2.26. The average Bonchev–Trinajstić information content (AvgIpc) is 2.82. The minimum Gasteiger partial charge on any atom is -0.450 e. The fourth-order valence-corrected chi connectivity index (χ4v) is 4.53.